The van der Waals surface area contributed by atoms with Crippen LogP contribution in [0.2, 0.25) is 0 Å². The Bertz CT molecular complexity index is 8.00. The summed E-state index contributed by atoms with van der Waals surface area (Å²) in [5.41, 5.74) is 0. The summed E-state index contributed by atoms with van der Waals surface area (Å²) in [6, 6.07) is 0. The summed E-state index contributed by atoms with van der Waals surface area (Å²) in [5, 5.41) is 0. The van der Waals surface area contributed by atoms with Crippen molar-refractivity contribution in [3.05, 3.63) is 0 Å². The van der Waals surface area contributed by atoms with E-state index in [1.165, 1.54) is 0 Å². The molecule has 0 saturated carbocycles. The zero-order valence-electron chi connectivity index (χ0n) is 2.11. The fourth-order valence-electron chi connectivity index (χ4n) is 0. The van der Waals surface area contributed by atoms with Crippen molar-refractivity contribution in [3.63, 3.8) is 0 Å². The molecule has 0 unspecified atom stereocenters. The Balaban J connectivity index is 0. The van der Waals surface area contributed by atoms with Crippen molar-refractivity contribution in [3.8, 4) is 0 Å². The first-order valence-electron chi connectivity index (χ1n) is 0. The molecule has 0 nitrogen and oxygen atoms in total. The first-order chi connectivity index (χ1) is 0. The quantitative estimate of drug-likeness (QED) is 0.495. The maximum atomic E-state index is 0. The molecule has 0 bridgehead atoms. The summed E-state index contributed by atoms with van der Waals surface area (Å²) < 4.78 is 0. The summed E-state index contributed by atoms with van der Waals surface area (Å²) >= 11 is 0. The Kier molecular flexibility index (Phi) is 151. The van der Waals surface area contributed by atoms with Gasteiger partial charge in [-0.1, -0.05) is 0 Å². The van der Waals surface area contributed by atoms with Gasteiger partial charge in [0.15, 0.2) is 0 Å². The van der Waals surface area contributed by atoms with E-state index in [1.807, 2.05) is 0 Å². The zero-order valence-corrected chi connectivity index (χ0v) is 11.2. The Hall–Kier alpha value is 2.35. The fraction of sp³-hybridized carbons (Fsp3) is 0. The number of halogens is 1. The van der Waals surface area contributed by atoms with E-state index in [2.05, 4.69) is 0 Å². The molecule has 0 aliphatic carbocycles. The third-order valence-corrected chi connectivity index (χ3v) is 0. The van der Waals surface area contributed by atoms with Crippen molar-refractivity contribution in [1.29, 1.82) is 0 Å². The Morgan fingerprint density at radius 2 is 1.00 bits per heavy atom. The van der Waals surface area contributed by atoms with Gasteiger partial charge in [-0.15, -0.1) is 0 Å². The molecule has 0 fully saturated rings. The molecule has 0 aliphatic heterocycles. The molecule has 0 amide bonds. The van der Waals surface area contributed by atoms with Gasteiger partial charge in [-0.3, -0.25) is 0 Å². The van der Waals surface area contributed by atoms with E-state index in [9.17, 15) is 0 Å². The predicted molar refractivity (Wildman–Crippen MR) is 20.4 cm³/mol. The van der Waals surface area contributed by atoms with Gasteiger partial charge in [0.1, 0.15) is 0 Å². The van der Waals surface area contributed by atoms with Gasteiger partial charge in [0, 0.05) is 78.9 Å². The molecule has 0 rings (SSSR count). The molecule has 0 saturated heterocycles. The summed E-state index contributed by atoms with van der Waals surface area (Å²) in [4.78, 5) is 0. The Morgan fingerprint density at radius 1 is 1.00 bits per heavy atom. The summed E-state index contributed by atoms with van der Waals surface area (Å²) in [7, 11) is 0. The molecule has 0 aromatic rings. The summed E-state index contributed by atoms with van der Waals surface area (Å²) in [5.74, 6) is 0. The normalized spacial score (nSPS) is 0. The smallest absolute Gasteiger partial charge is 0 e. The SMILES string of the molecule is [B].[Bi].[Br].[Cd]. The second kappa shape index (κ2) is 18.3. The van der Waals surface area contributed by atoms with Gasteiger partial charge in [-0.25, -0.2) is 0 Å². The Morgan fingerprint density at radius 3 is 1.00 bits per heavy atom. The second-order valence-corrected chi connectivity index (χ2v) is 0. The molecular weight excluding hydrogens is 412 g/mol. The van der Waals surface area contributed by atoms with E-state index >= 15 is 0 Å². The molecule has 0 aromatic heterocycles. The van der Waals surface area contributed by atoms with Crippen LogP contribution in [0.3, 0.4) is 0 Å². The van der Waals surface area contributed by atoms with Gasteiger partial charge in [-0.05, 0) is 0 Å². The van der Waals surface area contributed by atoms with Gasteiger partial charge in [0.05, 0.1) is 0 Å². The number of hydrogen-bond acceptors (Lipinski definition) is 0. The first kappa shape index (κ1) is 32.9. The van der Waals surface area contributed by atoms with E-state index < -0.39 is 0 Å². The van der Waals surface area contributed by atoms with Crippen LogP contribution in [0, 0.1) is 0 Å². The van der Waals surface area contributed by atoms with Gasteiger partial charge in [0.25, 0.3) is 0 Å². The Labute approximate surface area is 77.7 Å². The largest absolute Gasteiger partial charge is 0 e. The third-order valence-electron chi connectivity index (χ3n) is 0. The van der Waals surface area contributed by atoms with Crippen molar-refractivity contribution < 1.29 is 27.3 Å². The van der Waals surface area contributed by atoms with Crippen molar-refractivity contribution in [2.75, 3.05) is 0 Å². The average molecular weight is 412 g/mol. The predicted octanol–water partition coefficient (Wildman–Crippen LogP) is 0.0815. The standard InChI is InChI=1S/B.Bi.Br.Cd. The van der Waals surface area contributed by atoms with E-state index in [-0.39, 0.29) is 78.9 Å². The van der Waals surface area contributed by atoms with Gasteiger partial charge >= 0.3 is 0 Å². The van der Waals surface area contributed by atoms with Gasteiger partial charge < -0.3 is 0 Å². The van der Waals surface area contributed by atoms with E-state index in [0.29, 0.717) is 0 Å². The second-order valence-electron chi connectivity index (χ2n) is 0. The third kappa shape index (κ3) is 8.84. The molecule has 0 aliphatic rings. The molecule has 0 N–H and O–H groups in total. The first-order valence-corrected chi connectivity index (χ1v) is 0. The van der Waals surface area contributed by atoms with Crippen molar-refractivity contribution >= 4 is 51.6 Å². The number of rotatable bonds is 0. The van der Waals surface area contributed by atoms with Gasteiger partial charge in [0.2, 0.25) is 0 Å². The van der Waals surface area contributed by atoms with E-state index in [0.717, 1.165) is 0 Å². The van der Waals surface area contributed by atoms with E-state index in [4.69, 9.17) is 0 Å². The van der Waals surface area contributed by atoms with Crippen LogP contribution < -0.4 is 0 Å². The van der Waals surface area contributed by atoms with Crippen molar-refractivity contribution in [2.45, 2.75) is 0 Å². The van der Waals surface area contributed by atoms with Crippen LogP contribution in [0.1, 0.15) is 0 Å². The van der Waals surface area contributed by atoms with Crippen LogP contribution in [0.25, 0.3) is 0 Å². The molecule has 0 atom stereocenters. The molecule has 0 spiro atoms. The fourth-order valence-corrected chi connectivity index (χ4v) is 0. The maximum absolute atomic E-state index is 0. The topological polar surface area (TPSA) is 0 Å². The van der Waals surface area contributed by atoms with Crippen LogP contribution >= 0.6 is 17.0 Å². The minimum atomic E-state index is 0. The molecule has 0 heterocycles. The molecular formula is BBiBrCd. The maximum Gasteiger partial charge on any atom is 0 e. The molecule has 17 valence electrons. The molecule has 4 heteroatoms. The van der Waals surface area contributed by atoms with Crippen LogP contribution in [-0.2, 0) is 27.3 Å². The summed E-state index contributed by atoms with van der Waals surface area (Å²) in [6.45, 7) is 0. The monoisotopic (exact) mass is 413 g/mol. The van der Waals surface area contributed by atoms with Crippen LogP contribution in [-0.4, -0.2) is 34.6 Å². The van der Waals surface area contributed by atoms with Crippen LogP contribution in [0.4, 0.5) is 0 Å². The number of hydrogen-bond donors (Lipinski definition) is 0. The zero-order chi connectivity index (χ0) is 0. The average Bonchev–Trinajstić information content (AvgIpc) is 0. The van der Waals surface area contributed by atoms with E-state index in [1.54, 1.807) is 0 Å². The minimum absolute atomic E-state index is 0. The minimum Gasteiger partial charge on any atom is 0 e. The van der Waals surface area contributed by atoms with Crippen LogP contribution in [0.15, 0.2) is 0 Å². The van der Waals surface area contributed by atoms with Crippen LogP contribution in [0.5, 0.6) is 0 Å². The van der Waals surface area contributed by atoms with Gasteiger partial charge in [-0.2, -0.15) is 0 Å². The molecule has 0 aromatic carbocycles. The van der Waals surface area contributed by atoms with Crippen molar-refractivity contribution in [1.82, 2.24) is 0 Å². The van der Waals surface area contributed by atoms with Crippen molar-refractivity contribution in [2.24, 2.45) is 0 Å². The molecule has 7 radical (unpaired) electrons. The molecule has 4 heavy (non-hydrogen) atoms. The summed E-state index contributed by atoms with van der Waals surface area (Å²) in [6.07, 6.45) is 0.